The summed E-state index contributed by atoms with van der Waals surface area (Å²) in [4.78, 5) is 4.08. The van der Waals surface area contributed by atoms with Crippen LogP contribution in [0.3, 0.4) is 0 Å². The van der Waals surface area contributed by atoms with Gasteiger partial charge in [0, 0.05) is 18.3 Å². The molecule has 0 aromatic carbocycles. The van der Waals surface area contributed by atoms with Gasteiger partial charge in [0.15, 0.2) is 6.79 Å². The van der Waals surface area contributed by atoms with E-state index in [0.29, 0.717) is 12.4 Å². The van der Waals surface area contributed by atoms with Crippen LogP contribution in [0.15, 0.2) is 18.5 Å². The van der Waals surface area contributed by atoms with E-state index < -0.39 is 7.12 Å². The molecule has 1 aliphatic rings. The fourth-order valence-electron chi connectivity index (χ4n) is 1.86. The molecule has 0 amide bonds. The van der Waals surface area contributed by atoms with Gasteiger partial charge in [0.2, 0.25) is 0 Å². The Morgan fingerprint density at radius 1 is 1.20 bits per heavy atom. The summed E-state index contributed by atoms with van der Waals surface area (Å²) >= 11 is 0. The van der Waals surface area contributed by atoms with Crippen LogP contribution in [-0.4, -0.2) is 36.7 Å². The van der Waals surface area contributed by atoms with Crippen LogP contribution in [0.2, 0.25) is 0 Å². The molecule has 110 valence electrons. The molecule has 0 saturated carbocycles. The minimum atomic E-state index is -0.459. The summed E-state index contributed by atoms with van der Waals surface area (Å²) in [5.74, 6) is 0.624. The summed E-state index contributed by atoms with van der Waals surface area (Å²) in [6.45, 7) is 10.8. The van der Waals surface area contributed by atoms with Crippen molar-refractivity contribution in [3.05, 3.63) is 18.5 Å². The summed E-state index contributed by atoms with van der Waals surface area (Å²) in [5, 5.41) is 0. The minimum Gasteiger partial charge on any atom is -0.466 e. The third-order valence-corrected chi connectivity index (χ3v) is 3.83. The number of nitrogens with zero attached hydrogens (tertiary/aromatic N) is 1. The van der Waals surface area contributed by atoms with Crippen molar-refractivity contribution in [2.45, 2.75) is 45.8 Å². The molecule has 0 N–H and O–H groups in total. The molecule has 0 bridgehead atoms. The van der Waals surface area contributed by atoms with Gasteiger partial charge in [-0.25, -0.2) is 0 Å². The normalized spacial score (nSPS) is 20.1. The summed E-state index contributed by atoms with van der Waals surface area (Å²) in [6, 6.07) is 1.85. The Morgan fingerprint density at radius 3 is 2.45 bits per heavy atom. The van der Waals surface area contributed by atoms with Crippen LogP contribution in [0.4, 0.5) is 0 Å². The second-order valence-electron chi connectivity index (χ2n) is 5.76. The Labute approximate surface area is 120 Å². The number of ether oxygens (including phenoxy) is 2. The van der Waals surface area contributed by atoms with Crippen molar-refractivity contribution in [2.24, 2.45) is 0 Å². The van der Waals surface area contributed by atoms with Gasteiger partial charge in [-0.05, 0) is 40.7 Å². The second-order valence-corrected chi connectivity index (χ2v) is 5.76. The zero-order valence-electron chi connectivity index (χ0n) is 12.8. The lowest BCUT2D eigenvalue weighted by atomic mass is 9.79. The third kappa shape index (κ3) is 2.97. The van der Waals surface area contributed by atoms with Crippen molar-refractivity contribution < 1.29 is 18.8 Å². The number of pyridine rings is 1. The Balaban J connectivity index is 2.17. The lowest BCUT2D eigenvalue weighted by molar-refractivity contribution is 0.00578. The van der Waals surface area contributed by atoms with Gasteiger partial charge in [0.05, 0.1) is 17.4 Å². The predicted octanol–water partition coefficient (Wildman–Crippen LogP) is 1.75. The van der Waals surface area contributed by atoms with Crippen molar-refractivity contribution in [1.29, 1.82) is 0 Å². The van der Waals surface area contributed by atoms with Gasteiger partial charge < -0.3 is 18.8 Å². The highest BCUT2D eigenvalue weighted by atomic mass is 16.7. The molecule has 2 rings (SSSR count). The van der Waals surface area contributed by atoms with Crippen molar-refractivity contribution in [3.8, 4) is 5.75 Å². The lowest BCUT2D eigenvalue weighted by Crippen LogP contribution is -2.41. The summed E-state index contributed by atoms with van der Waals surface area (Å²) in [7, 11) is -0.459. The van der Waals surface area contributed by atoms with E-state index in [-0.39, 0.29) is 18.0 Å². The first-order valence-electron chi connectivity index (χ1n) is 6.87. The van der Waals surface area contributed by atoms with Gasteiger partial charge >= 0.3 is 7.12 Å². The average Bonchev–Trinajstić information content (AvgIpc) is 2.59. The van der Waals surface area contributed by atoms with Crippen LogP contribution in [-0.2, 0) is 14.0 Å². The lowest BCUT2D eigenvalue weighted by Gasteiger charge is -2.32. The average molecular weight is 279 g/mol. The molecule has 0 radical (unpaired) electrons. The molecule has 6 heteroatoms. The van der Waals surface area contributed by atoms with Crippen LogP contribution in [0.5, 0.6) is 5.75 Å². The fourth-order valence-corrected chi connectivity index (χ4v) is 1.86. The first kappa shape index (κ1) is 15.3. The van der Waals surface area contributed by atoms with E-state index in [2.05, 4.69) is 4.98 Å². The summed E-state index contributed by atoms with van der Waals surface area (Å²) < 4.78 is 22.8. The molecule has 20 heavy (non-hydrogen) atoms. The zero-order chi connectivity index (χ0) is 14.8. The molecule has 0 atom stereocenters. The molecule has 1 saturated heterocycles. The van der Waals surface area contributed by atoms with Crippen LogP contribution in [0.25, 0.3) is 0 Å². The largest absolute Gasteiger partial charge is 0.498 e. The van der Waals surface area contributed by atoms with Gasteiger partial charge in [0.1, 0.15) is 5.75 Å². The Kier molecular flexibility index (Phi) is 4.37. The van der Waals surface area contributed by atoms with Gasteiger partial charge in [0.25, 0.3) is 0 Å². The molecule has 0 unspecified atom stereocenters. The Bertz CT molecular complexity index is 448. The Morgan fingerprint density at radius 2 is 1.85 bits per heavy atom. The number of rotatable bonds is 5. The van der Waals surface area contributed by atoms with Crippen LogP contribution >= 0.6 is 0 Å². The molecule has 2 heterocycles. The standard InChI is InChI=1S/C14H22BNO4/c1-6-17-10-18-12-9-16-8-7-11(12)15-19-13(2,3)14(4,5)20-15/h7-9H,6,10H2,1-5H3. The van der Waals surface area contributed by atoms with Crippen molar-refractivity contribution in [2.75, 3.05) is 13.4 Å². The minimum absolute atomic E-state index is 0.189. The number of hydrogen-bond acceptors (Lipinski definition) is 5. The molecule has 1 aromatic rings. The van der Waals surface area contributed by atoms with E-state index in [4.69, 9.17) is 18.8 Å². The Hall–Kier alpha value is -1.11. The maximum atomic E-state index is 6.03. The van der Waals surface area contributed by atoms with Crippen molar-refractivity contribution >= 4 is 12.6 Å². The molecule has 0 aliphatic carbocycles. The molecule has 1 fully saturated rings. The van der Waals surface area contributed by atoms with E-state index in [1.807, 2.05) is 40.7 Å². The van der Waals surface area contributed by atoms with Gasteiger partial charge in [-0.15, -0.1) is 0 Å². The van der Waals surface area contributed by atoms with E-state index in [9.17, 15) is 0 Å². The molecule has 1 aliphatic heterocycles. The first-order valence-corrected chi connectivity index (χ1v) is 6.87. The van der Waals surface area contributed by atoms with E-state index >= 15 is 0 Å². The molecular formula is C14H22BNO4. The topological polar surface area (TPSA) is 49.8 Å². The summed E-state index contributed by atoms with van der Waals surface area (Å²) in [5.41, 5.74) is 0.0781. The van der Waals surface area contributed by atoms with Gasteiger partial charge in [-0.3, -0.25) is 4.98 Å². The SMILES string of the molecule is CCOCOc1cnccc1B1OC(C)(C)C(C)(C)O1. The highest BCUT2D eigenvalue weighted by Gasteiger charge is 2.52. The van der Waals surface area contributed by atoms with E-state index in [0.717, 1.165) is 5.46 Å². The maximum absolute atomic E-state index is 6.03. The number of aromatic nitrogens is 1. The monoisotopic (exact) mass is 279 g/mol. The third-order valence-electron chi connectivity index (χ3n) is 3.83. The van der Waals surface area contributed by atoms with Crippen molar-refractivity contribution in [3.63, 3.8) is 0 Å². The van der Waals surface area contributed by atoms with E-state index in [1.165, 1.54) is 0 Å². The quantitative estimate of drug-likeness (QED) is 0.467. The van der Waals surface area contributed by atoms with Crippen molar-refractivity contribution in [1.82, 2.24) is 4.98 Å². The highest BCUT2D eigenvalue weighted by Crippen LogP contribution is 2.37. The fraction of sp³-hybridized carbons (Fsp3) is 0.643. The van der Waals surface area contributed by atoms with E-state index in [1.54, 1.807) is 12.4 Å². The van der Waals surface area contributed by atoms with Crippen LogP contribution < -0.4 is 10.2 Å². The summed E-state index contributed by atoms with van der Waals surface area (Å²) in [6.07, 6.45) is 3.35. The first-order chi connectivity index (χ1) is 9.37. The highest BCUT2D eigenvalue weighted by molar-refractivity contribution is 6.63. The molecule has 5 nitrogen and oxygen atoms in total. The van der Waals surface area contributed by atoms with Gasteiger partial charge in [-0.2, -0.15) is 0 Å². The van der Waals surface area contributed by atoms with Crippen LogP contribution in [0.1, 0.15) is 34.6 Å². The second kappa shape index (κ2) is 5.72. The van der Waals surface area contributed by atoms with Crippen LogP contribution in [0, 0.1) is 0 Å². The number of hydrogen-bond donors (Lipinski definition) is 0. The molecule has 0 spiro atoms. The molecule has 1 aromatic heterocycles. The molecular weight excluding hydrogens is 257 g/mol. The smallest absolute Gasteiger partial charge is 0.466 e. The zero-order valence-corrected chi connectivity index (χ0v) is 12.8. The van der Waals surface area contributed by atoms with Gasteiger partial charge in [-0.1, -0.05) is 0 Å². The predicted molar refractivity (Wildman–Crippen MR) is 77.1 cm³/mol. The maximum Gasteiger partial charge on any atom is 0.498 e.